The zero-order valence-corrected chi connectivity index (χ0v) is 11.3. The minimum atomic E-state index is 0.542. The van der Waals surface area contributed by atoms with Gasteiger partial charge in [0.15, 0.2) is 0 Å². The van der Waals surface area contributed by atoms with Gasteiger partial charge in [-0.3, -0.25) is 4.68 Å². The highest BCUT2D eigenvalue weighted by Crippen LogP contribution is 2.20. The van der Waals surface area contributed by atoms with Crippen molar-refractivity contribution in [2.75, 3.05) is 13.2 Å². The Bertz CT molecular complexity index is 372. The first-order valence-corrected chi connectivity index (χ1v) is 6.63. The van der Waals surface area contributed by atoms with E-state index >= 15 is 0 Å². The van der Waals surface area contributed by atoms with Gasteiger partial charge < -0.3 is 10.1 Å². The van der Waals surface area contributed by atoms with Crippen LogP contribution in [0.3, 0.4) is 0 Å². The van der Waals surface area contributed by atoms with Gasteiger partial charge in [0.2, 0.25) is 0 Å². The highest BCUT2D eigenvalue weighted by molar-refractivity contribution is 6.31. The molecule has 17 heavy (non-hydrogen) atoms. The number of nitrogens with one attached hydrogen (secondary N) is 1. The number of hydrogen-bond acceptors (Lipinski definition) is 3. The van der Waals surface area contributed by atoms with Crippen LogP contribution < -0.4 is 5.32 Å². The zero-order valence-electron chi connectivity index (χ0n) is 10.5. The van der Waals surface area contributed by atoms with Crippen LogP contribution >= 0.6 is 11.6 Å². The minimum Gasteiger partial charge on any atom is -0.381 e. The van der Waals surface area contributed by atoms with Gasteiger partial charge >= 0.3 is 0 Å². The van der Waals surface area contributed by atoms with Crippen molar-refractivity contribution in [2.45, 2.75) is 45.8 Å². The van der Waals surface area contributed by atoms with Crippen LogP contribution in [0.1, 0.15) is 31.2 Å². The smallest absolute Gasteiger partial charge is 0.0860 e. The molecule has 0 aliphatic carbocycles. The molecule has 4 nitrogen and oxygen atoms in total. The second kappa shape index (κ2) is 5.85. The highest BCUT2D eigenvalue weighted by atomic mass is 35.5. The summed E-state index contributed by atoms with van der Waals surface area (Å²) < 4.78 is 7.32. The van der Waals surface area contributed by atoms with E-state index in [1.54, 1.807) is 0 Å². The van der Waals surface area contributed by atoms with Gasteiger partial charge in [-0.1, -0.05) is 11.6 Å². The third-order valence-corrected chi connectivity index (χ3v) is 3.72. The lowest BCUT2D eigenvalue weighted by Gasteiger charge is -2.23. The van der Waals surface area contributed by atoms with E-state index < -0.39 is 0 Å². The van der Waals surface area contributed by atoms with E-state index in [2.05, 4.69) is 17.3 Å². The zero-order chi connectivity index (χ0) is 12.3. The third-order valence-electron chi connectivity index (χ3n) is 3.23. The molecule has 0 radical (unpaired) electrons. The summed E-state index contributed by atoms with van der Waals surface area (Å²) in [5.41, 5.74) is 2.01. The van der Waals surface area contributed by atoms with Gasteiger partial charge in [-0.2, -0.15) is 5.10 Å². The molecule has 0 unspecified atom stereocenters. The maximum Gasteiger partial charge on any atom is 0.0860 e. The topological polar surface area (TPSA) is 39.1 Å². The van der Waals surface area contributed by atoms with Crippen LogP contribution in [0.4, 0.5) is 0 Å². The van der Waals surface area contributed by atoms with E-state index in [1.807, 2.05) is 11.6 Å². The van der Waals surface area contributed by atoms with Crippen molar-refractivity contribution in [1.29, 1.82) is 0 Å². The highest BCUT2D eigenvalue weighted by Gasteiger charge is 2.16. The molecule has 2 heterocycles. The molecular formula is C12H20ClN3O. The second-order valence-electron chi connectivity index (χ2n) is 4.43. The first-order valence-electron chi connectivity index (χ1n) is 6.25. The number of aromatic nitrogens is 2. The van der Waals surface area contributed by atoms with Crippen molar-refractivity contribution in [3.05, 3.63) is 16.4 Å². The lowest BCUT2D eigenvalue weighted by Crippen LogP contribution is -2.34. The number of rotatable bonds is 4. The van der Waals surface area contributed by atoms with Gasteiger partial charge in [0.25, 0.3) is 0 Å². The average Bonchev–Trinajstić information content (AvgIpc) is 2.64. The summed E-state index contributed by atoms with van der Waals surface area (Å²) in [4.78, 5) is 0. The van der Waals surface area contributed by atoms with Gasteiger partial charge in [-0.25, -0.2) is 0 Å². The predicted molar refractivity (Wildman–Crippen MR) is 68.3 cm³/mol. The Labute approximate surface area is 107 Å². The Morgan fingerprint density at radius 3 is 2.82 bits per heavy atom. The van der Waals surface area contributed by atoms with E-state index in [-0.39, 0.29) is 0 Å². The molecule has 1 aromatic rings. The first-order chi connectivity index (χ1) is 8.22. The van der Waals surface area contributed by atoms with Crippen molar-refractivity contribution in [1.82, 2.24) is 15.1 Å². The van der Waals surface area contributed by atoms with E-state index in [1.165, 1.54) is 0 Å². The lowest BCUT2D eigenvalue weighted by atomic mass is 10.1. The monoisotopic (exact) mass is 257 g/mol. The molecule has 0 atom stereocenters. The SMILES string of the molecule is CCn1nc(C)c(Cl)c1CNC1CCOCC1. The van der Waals surface area contributed by atoms with Crippen molar-refractivity contribution in [2.24, 2.45) is 0 Å². The Balaban J connectivity index is 1.97. The molecule has 0 aromatic carbocycles. The van der Waals surface area contributed by atoms with Crippen molar-refractivity contribution in [3.8, 4) is 0 Å². The maximum absolute atomic E-state index is 6.26. The summed E-state index contributed by atoms with van der Waals surface area (Å²) in [6.07, 6.45) is 2.16. The summed E-state index contributed by atoms with van der Waals surface area (Å²) in [6, 6.07) is 0.542. The van der Waals surface area contributed by atoms with Gasteiger partial charge in [-0.15, -0.1) is 0 Å². The Kier molecular flexibility index (Phi) is 4.42. The van der Waals surface area contributed by atoms with Gasteiger partial charge in [0.1, 0.15) is 0 Å². The maximum atomic E-state index is 6.26. The Morgan fingerprint density at radius 1 is 1.47 bits per heavy atom. The standard InChI is InChI=1S/C12H20ClN3O/c1-3-16-11(12(13)9(2)15-16)8-14-10-4-6-17-7-5-10/h10,14H,3-8H2,1-2H3. The molecule has 0 spiro atoms. The summed E-state index contributed by atoms with van der Waals surface area (Å²) in [7, 11) is 0. The van der Waals surface area contributed by atoms with Crippen molar-refractivity contribution in [3.63, 3.8) is 0 Å². The Morgan fingerprint density at radius 2 is 2.18 bits per heavy atom. The van der Waals surface area contributed by atoms with Crippen LogP contribution in [-0.2, 0) is 17.8 Å². The molecule has 1 saturated heterocycles. The molecule has 2 rings (SSSR count). The quantitative estimate of drug-likeness (QED) is 0.898. The van der Waals surface area contributed by atoms with Crippen LogP contribution in [0.25, 0.3) is 0 Å². The summed E-state index contributed by atoms with van der Waals surface area (Å²) in [5.74, 6) is 0. The first kappa shape index (κ1) is 12.9. The molecular weight excluding hydrogens is 238 g/mol. The molecule has 1 fully saturated rings. The van der Waals surface area contributed by atoms with E-state index in [9.17, 15) is 0 Å². The van der Waals surface area contributed by atoms with E-state index in [4.69, 9.17) is 16.3 Å². The van der Waals surface area contributed by atoms with Crippen LogP contribution in [0.15, 0.2) is 0 Å². The van der Waals surface area contributed by atoms with E-state index in [0.29, 0.717) is 6.04 Å². The lowest BCUT2D eigenvalue weighted by molar-refractivity contribution is 0.0774. The molecule has 1 N–H and O–H groups in total. The molecule has 1 aliphatic rings. The number of hydrogen-bond donors (Lipinski definition) is 1. The third kappa shape index (κ3) is 3.00. The molecule has 1 aliphatic heterocycles. The fourth-order valence-electron chi connectivity index (χ4n) is 2.18. The summed E-state index contributed by atoms with van der Waals surface area (Å²) >= 11 is 6.26. The Hall–Kier alpha value is -0.580. The van der Waals surface area contributed by atoms with Gasteiger partial charge in [0, 0.05) is 32.3 Å². The molecule has 0 amide bonds. The van der Waals surface area contributed by atoms with Crippen LogP contribution in [0, 0.1) is 6.92 Å². The fraction of sp³-hybridized carbons (Fsp3) is 0.750. The summed E-state index contributed by atoms with van der Waals surface area (Å²) in [6.45, 7) is 7.40. The van der Waals surface area contributed by atoms with Gasteiger partial charge in [-0.05, 0) is 26.7 Å². The fourth-order valence-corrected chi connectivity index (χ4v) is 2.38. The van der Waals surface area contributed by atoms with Crippen LogP contribution in [0.2, 0.25) is 5.02 Å². The van der Waals surface area contributed by atoms with Crippen molar-refractivity contribution < 1.29 is 4.74 Å². The minimum absolute atomic E-state index is 0.542. The largest absolute Gasteiger partial charge is 0.381 e. The number of aryl methyl sites for hydroxylation is 2. The van der Waals surface area contributed by atoms with Gasteiger partial charge in [0.05, 0.1) is 16.4 Å². The number of halogens is 1. The van der Waals surface area contributed by atoms with Crippen LogP contribution in [0.5, 0.6) is 0 Å². The van der Waals surface area contributed by atoms with Crippen LogP contribution in [-0.4, -0.2) is 29.0 Å². The predicted octanol–water partition coefficient (Wildman–Crippen LogP) is 2.13. The molecule has 96 valence electrons. The molecule has 0 bridgehead atoms. The molecule has 1 aromatic heterocycles. The number of ether oxygens (including phenoxy) is 1. The number of nitrogens with zero attached hydrogens (tertiary/aromatic N) is 2. The second-order valence-corrected chi connectivity index (χ2v) is 4.81. The molecule has 0 saturated carbocycles. The average molecular weight is 258 g/mol. The van der Waals surface area contributed by atoms with Crippen molar-refractivity contribution >= 4 is 11.6 Å². The molecule has 5 heteroatoms. The summed E-state index contributed by atoms with van der Waals surface area (Å²) in [5, 5.41) is 8.75. The van der Waals surface area contributed by atoms with E-state index in [0.717, 1.165) is 55.6 Å². The normalized spacial score (nSPS) is 17.6.